The van der Waals surface area contributed by atoms with E-state index in [2.05, 4.69) is 0 Å². The Morgan fingerprint density at radius 1 is 1.40 bits per heavy atom. The minimum absolute atomic E-state index is 0. The minimum Gasteiger partial charge on any atom is -0.372 e. The molecule has 0 bridgehead atoms. The van der Waals surface area contributed by atoms with Gasteiger partial charge in [0, 0.05) is 26.2 Å². The Labute approximate surface area is 53.6 Å². The van der Waals surface area contributed by atoms with Crippen molar-refractivity contribution in [3.63, 3.8) is 0 Å². The average Bonchev–Trinajstić information content (AvgIpc) is 0.811. The third-order valence-corrected chi connectivity index (χ3v) is 0. The molecule has 0 heterocycles. The van der Waals surface area contributed by atoms with Crippen molar-refractivity contribution in [2.24, 2.45) is 0 Å². The van der Waals surface area contributed by atoms with Crippen LogP contribution in [0.2, 0.25) is 0 Å². The Bertz CT molecular complexity index is 11.6. The standard InChI is InChI=1S/Bi.BrHO3/c;2-1(3)4/h;2H. The number of halogens is 1. The van der Waals surface area contributed by atoms with Crippen molar-refractivity contribution in [3.05, 3.63) is 0 Å². The van der Waals surface area contributed by atoms with Crippen LogP contribution >= 0.6 is 0 Å². The zero-order valence-electron chi connectivity index (χ0n) is 2.09. The Morgan fingerprint density at radius 2 is 1.40 bits per heavy atom. The molecule has 31 valence electrons. The predicted octanol–water partition coefficient (Wildman–Crippen LogP) is -3.32. The topological polar surface area (TPSA) is 66.3 Å². The predicted molar refractivity (Wildman–Crippen MR) is 7.97 cm³/mol. The first-order valence-corrected chi connectivity index (χ1v) is 2.48. The van der Waals surface area contributed by atoms with Gasteiger partial charge in [-0.2, -0.15) is 0 Å². The third-order valence-electron chi connectivity index (χ3n) is 0. The van der Waals surface area contributed by atoms with Gasteiger partial charge in [-0.15, -0.1) is 0 Å². The van der Waals surface area contributed by atoms with Crippen molar-refractivity contribution in [2.75, 3.05) is 0 Å². The van der Waals surface area contributed by atoms with E-state index in [0.29, 0.717) is 0 Å². The van der Waals surface area contributed by atoms with E-state index in [1.54, 1.807) is 0 Å². The van der Waals surface area contributed by atoms with Gasteiger partial charge in [0.25, 0.3) is 0 Å². The van der Waals surface area contributed by atoms with E-state index in [0.717, 1.165) is 0 Å². The van der Waals surface area contributed by atoms with E-state index in [9.17, 15) is 0 Å². The Morgan fingerprint density at radius 3 is 1.40 bits per heavy atom. The van der Waals surface area contributed by atoms with E-state index in [-0.39, 0.29) is 26.2 Å². The van der Waals surface area contributed by atoms with Crippen LogP contribution in [-0.4, -0.2) is 30.4 Å². The zero-order valence-corrected chi connectivity index (χ0v) is 7.15. The maximum absolute atomic E-state index is 8.63. The van der Waals surface area contributed by atoms with E-state index < -0.39 is 14.8 Å². The molecule has 0 spiro atoms. The van der Waals surface area contributed by atoms with Crippen molar-refractivity contribution in [1.82, 2.24) is 0 Å². The summed E-state index contributed by atoms with van der Waals surface area (Å²) in [6.45, 7) is 0. The summed E-state index contributed by atoms with van der Waals surface area (Å²) in [6.07, 6.45) is 0. The SMILES string of the molecule is [Bi].[O-][Br+2]([O-])O. The molecule has 0 rings (SSSR count). The van der Waals surface area contributed by atoms with E-state index in [1.165, 1.54) is 0 Å². The first kappa shape index (κ1) is 9.53. The summed E-state index contributed by atoms with van der Waals surface area (Å²) in [5, 5.41) is 0. The van der Waals surface area contributed by atoms with Gasteiger partial charge in [0.1, 0.15) is 0 Å². The molecule has 0 amide bonds. The molecule has 0 atom stereocenters. The van der Waals surface area contributed by atoms with Crippen LogP contribution in [0.3, 0.4) is 0 Å². The van der Waals surface area contributed by atoms with Crippen LogP contribution in [0, 0.1) is 14.8 Å². The molecule has 0 aromatic rings. The summed E-state index contributed by atoms with van der Waals surface area (Å²) < 4.78 is 24.3. The quantitative estimate of drug-likeness (QED) is 0.471. The molecule has 3 radical (unpaired) electrons. The smallest absolute Gasteiger partial charge is 0.372 e. The van der Waals surface area contributed by atoms with Gasteiger partial charge in [-0.1, -0.05) is 0 Å². The van der Waals surface area contributed by atoms with Crippen LogP contribution in [0.15, 0.2) is 0 Å². The second-order valence-electron chi connectivity index (χ2n) is 0.201. The van der Waals surface area contributed by atoms with Gasteiger partial charge in [0.15, 0.2) is 0 Å². The summed E-state index contributed by atoms with van der Waals surface area (Å²) in [4.78, 5) is 0. The van der Waals surface area contributed by atoms with Crippen LogP contribution < -0.4 is 8.40 Å². The summed E-state index contributed by atoms with van der Waals surface area (Å²) in [6, 6.07) is 0. The minimum atomic E-state index is -3.40. The van der Waals surface area contributed by atoms with Crippen molar-refractivity contribution >= 4 is 26.2 Å². The second kappa shape index (κ2) is 5.24. The second-order valence-corrected chi connectivity index (χ2v) is 1.04. The van der Waals surface area contributed by atoms with Gasteiger partial charge in [-0.25, -0.2) is 0 Å². The summed E-state index contributed by atoms with van der Waals surface area (Å²) >= 11 is -3.40. The molecule has 0 unspecified atom stereocenters. The first-order chi connectivity index (χ1) is 1.73. The molecule has 5 heavy (non-hydrogen) atoms. The van der Waals surface area contributed by atoms with Gasteiger partial charge >= 0.3 is 14.8 Å². The van der Waals surface area contributed by atoms with Gasteiger partial charge in [-0.3, -0.25) is 0 Å². The van der Waals surface area contributed by atoms with E-state index >= 15 is 0 Å². The van der Waals surface area contributed by atoms with Crippen LogP contribution in [0.25, 0.3) is 0 Å². The summed E-state index contributed by atoms with van der Waals surface area (Å²) in [7, 11) is 0. The van der Waals surface area contributed by atoms with Crippen molar-refractivity contribution < 1.29 is 27.4 Å². The molecular weight excluding hydrogens is 337 g/mol. The van der Waals surface area contributed by atoms with Crippen molar-refractivity contribution in [1.29, 1.82) is 0 Å². The largest absolute Gasteiger partial charge is 0.433 e. The Kier molecular flexibility index (Phi) is 10.00. The molecule has 1 N–H and O–H groups in total. The fourth-order valence-electron chi connectivity index (χ4n) is 0. The molecule has 5 heteroatoms. The van der Waals surface area contributed by atoms with Gasteiger partial charge in [-0.05, 0) is 4.20 Å². The van der Waals surface area contributed by atoms with Gasteiger partial charge in [0.2, 0.25) is 0 Å². The van der Waals surface area contributed by atoms with Crippen molar-refractivity contribution in [2.45, 2.75) is 0 Å². The molecule has 3 nitrogen and oxygen atoms in total. The van der Waals surface area contributed by atoms with Crippen LogP contribution in [0.4, 0.5) is 0 Å². The molecule has 0 aromatic heterocycles. The fraction of sp³-hybridized carbons (Fsp3) is 0. The molecule has 0 saturated heterocycles. The van der Waals surface area contributed by atoms with Crippen LogP contribution in [-0.2, 0) is 0 Å². The zero-order chi connectivity index (χ0) is 3.58. The fourth-order valence-corrected chi connectivity index (χ4v) is 0. The monoisotopic (exact) mass is 337 g/mol. The molecule has 0 saturated carbocycles. The van der Waals surface area contributed by atoms with Crippen molar-refractivity contribution in [3.8, 4) is 0 Å². The third kappa shape index (κ3) is 35.7. The maximum atomic E-state index is 8.63. The Hall–Kier alpha value is 1.24. The number of hydrogen-bond acceptors (Lipinski definition) is 3. The molecule has 0 aromatic carbocycles. The number of rotatable bonds is 0. The van der Waals surface area contributed by atoms with Crippen LogP contribution in [0.5, 0.6) is 0 Å². The van der Waals surface area contributed by atoms with Crippen LogP contribution in [0.1, 0.15) is 0 Å². The van der Waals surface area contributed by atoms with E-state index in [1.807, 2.05) is 0 Å². The first-order valence-electron chi connectivity index (χ1n) is 0.478. The molecule has 0 fully saturated rings. The molecule has 0 aliphatic carbocycles. The molecule has 0 aliphatic rings. The number of hydrogen-bond donors (Lipinski definition) is 1. The maximum Gasteiger partial charge on any atom is 0.433 e. The normalized spacial score (nSPS) is 7.20. The Balaban J connectivity index is 0. The molecule has 0 aliphatic heterocycles. The summed E-state index contributed by atoms with van der Waals surface area (Å²) in [5.74, 6) is 0. The summed E-state index contributed by atoms with van der Waals surface area (Å²) in [5.41, 5.74) is 0. The average molecular weight is 338 g/mol. The van der Waals surface area contributed by atoms with Gasteiger partial charge < -0.3 is 8.40 Å². The molecular formula is HBiBrO3. The van der Waals surface area contributed by atoms with E-state index in [4.69, 9.17) is 12.6 Å². The van der Waals surface area contributed by atoms with Gasteiger partial charge in [0.05, 0.1) is 0 Å².